The normalized spacial score (nSPS) is 23.4. The second kappa shape index (κ2) is 12.9. The minimum atomic E-state index is -0.537. The molecule has 2 aromatic rings. The summed E-state index contributed by atoms with van der Waals surface area (Å²) in [6.45, 7) is 9.38. The van der Waals surface area contributed by atoms with Crippen LogP contribution in [0.2, 0.25) is 0 Å². The van der Waals surface area contributed by atoms with Crippen LogP contribution in [-0.2, 0) is 16.1 Å². The molecule has 2 N–H and O–H groups in total. The number of tetrazole rings is 1. The molecule has 1 aliphatic heterocycles. The Morgan fingerprint density at radius 3 is 2.71 bits per heavy atom. The highest BCUT2D eigenvalue weighted by Gasteiger charge is 2.52. The lowest BCUT2D eigenvalue weighted by Crippen LogP contribution is -2.55. The van der Waals surface area contributed by atoms with E-state index in [0.29, 0.717) is 29.4 Å². The lowest BCUT2D eigenvalue weighted by molar-refractivity contribution is -0.132. The molecule has 0 radical (unpaired) electrons. The molecule has 0 saturated heterocycles. The van der Waals surface area contributed by atoms with Gasteiger partial charge in [0.05, 0.1) is 17.5 Å². The van der Waals surface area contributed by atoms with E-state index in [4.69, 9.17) is 4.99 Å². The Bertz CT molecular complexity index is 1360. The largest absolute Gasteiger partial charge is 0.345 e. The number of aromatic nitrogens is 4. The van der Waals surface area contributed by atoms with Crippen LogP contribution >= 0.6 is 11.3 Å². The molecule has 10 heteroatoms. The van der Waals surface area contributed by atoms with Crippen LogP contribution in [0, 0.1) is 11.3 Å². The van der Waals surface area contributed by atoms with E-state index in [1.165, 1.54) is 0 Å². The zero-order valence-electron chi connectivity index (χ0n) is 25.2. The quantitative estimate of drug-likeness (QED) is 0.335. The number of unbranched alkanes of at least 4 members (excludes halogenated alkanes) is 2. The number of carbonyl (C=O) groups is 2. The number of thiophene rings is 1. The van der Waals surface area contributed by atoms with Crippen molar-refractivity contribution < 1.29 is 9.59 Å². The highest BCUT2D eigenvalue weighted by atomic mass is 32.1. The third-order valence-electron chi connectivity index (χ3n) is 8.95. The van der Waals surface area contributed by atoms with Gasteiger partial charge < -0.3 is 10.2 Å². The molecule has 3 heterocycles. The van der Waals surface area contributed by atoms with Crippen molar-refractivity contribution in [2.75, 3.05) is 0 Å². The fourth-order valence-electron chi connectivity index (χ4n) is 6.51. The standard InChI is InChI=1S/C32H43N7O2S/c1-5-6-7-12-25(22-10-8-11-23(15-14-22)29(40)33-21-27-35-37-38-36-27)39-30(41)28(26-13-9-20-42-26)34-32(39)18-16-24(17-19-32)31(2,3)4/h8-10,13-15,20,24-25H,5-7,11-12,16-19,21H2,1-4H3,(H,33,40)(H,35,36,37,38). The molecule has 0 bridgehead atoms. The number of aromatic amines is 1. The van der Waals surface area contributed by atoms with E-state index >= 15 is 0 Å². The minimum absolute atomic E-state index is 0.0359. The van der Waals surface area contributed by atoms with Gasteiger partial charge in [0.25, 0.3) is 5.91 Å². The zero-order valence-corrected chi connectivity index (χ0v) is 26.0. The second-order valence-electron chi connectivity index (χ2n) is 12.7. The maximum Gasteiger partial charge on any atom is 0.276 e. The van der Waals surface area contributed by atoms with Gasteiger partial charge in [-0.25, -0.2) is 4.99 Å². The van der Waals surface area contributed by atoms with Crippen LogP contribution in [0.15, 0.2) is 58.0 Å². The Kier molecular flexibility index (Phi) is 9.20. The Hall–Kier alpha value is -3.40. The predicted molar refractivity (Wildman–Crippen MR) is 166 cm³/mol. The summed E-state index contributed by atoms with van der Waals surface area (Å²) in [4.78, 5) is 35.7. The number of aliphatic imine (C=N–C) groups is 1. The molecule has 1 atom stereocenters. The molecule has 3 aliphatic rings. The fourth-order valence-corrected chi connectivity index (χ4v) is 7.22. The molecule has 224 valence electrons. The highest BCUT2D eigenvalue weighted by Crippen LogP contribution is 2.48. The molecule has 1 fully saturated rings. The summed E-state index contributed by atoms with van der Waals surface area (Å²) < 4.78 is 0. The summed E-state index contributed by atoms with van der Waals surface area (Å²) in [6.07, 6.45) is 16.5. The summed E-state index contributed by atoms with van der Waals surface area (Å²) in [5.41, 5.74) is 2.01. The van der Waals surface area contributed by atoms with E-state index in [-0.39, 0.29) is 29.8 Å². The van der Waals surface area contributed by atoms with Gasteiger partial charge >= 0.3 is 0 Å². The summed E-state index contributed by atoms with van der Waals surface area (Å²) in [5, 5.41) is 18.6. The number of hydrogen-bond donors (Lipinski definition) is 2. The first-order chi connectivity index (χ1) is 20.2. The Balaban J connectivity index is 1.46. The van der Waals surface area contributed by atoms with E-state index < -0.39 is 5.66 Å². The average Bonchev–Trinajstić information content (AvgIpc) is 3.70. The van der Waals surface area contributed by atoms with E-state index in [1.54, 1.807) is 11.3 Å². The maximum absolute atomic E-state index is 14.4. The van der Waals surface area contributed by atoms with Crippen LogP contribution in [0.3, 0.4) is 0 Å². The lowest BCUT2D eigenvalue weighted by Gasteiger charge is -2.47. The first kappa shape index (κ1) is 30.1. The van der Waals surface area contributed by atoms with Crippen molar-refractivity contribution in [3.05, 3.63) is 63.7 Å². The van der Waals surface area contributed by atoms with Gasteiger partial charge in [0.1, 0.15) is 11.4 Å². The molecule has 2 aliphatic carbocycles. The number of nitrogens with one attached hydrogen (secondary N) is 2. The first-order valence-corrected chi connectivity index (χ1v) is 16.1. The van der Waals surface area contributed by atoms with Crippen molar-refractivity contribution in [2.24, 2.45) is 16.3 Å². The monoisotopic (exact) mass is 589 g/mol. The van der Waals surface area contributed by atoms with Crippen LogP contribution in [-0.4, -0.2) is 54.8 Å². The van der Waals surface area contributed by atoms with Gasteiger partial charge in [-0.1, -0.05) is 82.5 Å². The number of rotatable bonds is 10. The number of hydrogen-bond acceptors (Lipinski definition) is 7. The molecular formula is C32H43N7O2S. The summed E-state index contributed by atoms with van der Waals surface area (Å²) in [7, 11) is 0. The van der Waals surface area contributed by atoms with Crippen molar-refractivity contribution in [3.63, 3.8) is 0 Å². The maximum atomic E-state index is 14.4. The van der Waals surface area contributed by atoms with Gasteiger partial charge in [0.15, 0.2) is 5.82 Å². The molecule has 42 heavy (non-hydrogen) atoms. The zero-order chi connectivity index (χ0) is 29.7. The lowest BCUT2D eigenvalue weighted by atomic mass is 9.69. The Labute approximate surface area is 252 Å². The second-order valence-corrected chi connectivity index (χ2v) is 13.7. The Morgan fingerprint density at radius 1 is 1.24 bits per heavy atom. The van der Waals surface area contributed by atoms with Gasteiger partial charge in [0.2, 0.25) is 5.91 Å². The SMILES string of the molecule is CCCCCC(C1=CC=C(C(=O)NCc2nn[nH]n2)CC=C1)N1C(=O)C(c2cccs2)=NC12CCC(C(C)(C)C)CC2. The number of H-pyrrole nitrogens is 1. The van der Waals surface area contributed by atoms with Crippen LogP contribution in [0.1, 0.15) is 96.2 Å². The smallest absolute Gasteiger partial charge is 0.276 e. The van der Waals surface area contributed by atoms with Crippen molar-refractivity contribution in [2.45, 2.75) is 104 Å². The third kappa shape index (κ3) is 6.48. The van der Waals surface area contributed by atoms with Crippen molar-refractivity contribution >= 4 is 28.9 Å². The molecule has 2 aromatic heterocycles. The minimum Gasteiger partial charge on any atom is -0.345 e. The average molecular weight is 590 g/mol. The summed E-state index contributed by atoms with van der Waals surface area (Å²) >= 11 is 1.58. The van der Waals surface area contributed by atoms with Crippen LogP contribution in [0.5, 0.6) is 0 Å². The van der Waals surface area contributed by atoms with Crippen LogP contribution < -0.4 is 5.32 Å². The number of carbonyl (C=O) groups excluding carboxylic acids is 2. The Morgan fingerprint density at radius 2 is 2.05 bits per heavy atom. The summed E-state index contributed by atoms with van der Waals surface area (Å²) in [6, 6.07) is 3.89. The molecular weight excluding hydrogens is 546 g/mol. The molecule has 9 nitrogen and oxygen atoms in total. The first-order valence-electron chi connectivity index (χ1n) is 15.3. The number of allylic oxidation sites excluding steroid dienone is 3. The molecule has 0 aromatic carbocycles. The molecule has 1 unspecified atom stereocenters. The van der Waals surface area contributed by atoms with Gasteiger partial charge in [0, 0.05) is 5.57 Å². The highest BCUT2D eigenvalue weighted by molar-refractivity contribution is 7.13. The number of amides is 2. The van der Waals surface area contributed by atoms with Crippen LogP contribution in [0.25, 0.3) is 0 Å². The van der Waals surface area contributed by atoms with E-state index in [2.05, 4.69) is 64.6 Å². The molecule has 1 saturated carbocycles. The topological polar surface area (TPSA) is 116 Å². The number of nitrogens with zero attached hydrogens (tertiary/aromatic N) is 5. The molecule has 2 amide bonds. The van der Waals surface area contributed by atoms with Gasteiger partial charge in [-0.05, 0) is 66.9 Å². The predicted octanol–water partition coefficient (Wildman–Crippen LogP) is 5.90. The third-order valence-corrected chi connectivity index (χ3v) is 9.82. The van der Waals surface area contributed by atoms with E-state index in [0.717, 1.165) is 61.8 Å². The molecule has 5 rings (SSSR count). The van der Waals surface area contributed by atoms with Crippen molar-refractivity contribution in [1.29, 1.82) is 0 Å². The van der Waals surface area contributed by atoms with Gasteiger partial charge in [-0.2, -0.15) is 5.21 Å². The van der Waals surface area contributed by atoms with Crippen molar-refractivity contribution in [3.8, 4) is 0 Å². The van der Waals surface area contributed by atoms with Crippen molar-refractivity contribution in [1.82, 2.24) is 30.8 Å². The van der Waals surface area contributed by atoms with Gasteiger partial charge in [-0.15, -0.1) is 21.5 Å². The van der Waals surface area contributed by atoms with E-state index in [1.807, 2.05) is 35.7 Å². The summed E-state index contributed by atoms with van der Waals surface area (Å²) in [5.74, 6) is 0.907. The van der Waals surface area contributed by atoms with Gasteiger partial charge in [-0.3, -0.25) is 9.59 Å². The molecule has 1 spiro atoms. The fraction of sp³-hybridized carbons (Fsp3) is 0.562. The van der Waals surface area contributed by atoms with Crippen LogP contribution in [0.4, 0.5) is 0 Å². The van der Waals surface area contributed by atoms with E-state index in [9.17, 15) is 9.59 Å².